The fourth-order valence-electron chi connectivity index (χ4n) is 0. The first-order valence-electron chi connectivity index (χ1n) is 2.99. The molecule has 0 aliphatic heterocycles. The van der Waals surface area contributed by atoms with Crippen molar-refractivity contribution in [3.05, 3.63) is 0 Å². The van der Waals surface area contributed by atoms with Gasteiger partial charge in [-0.3, -0.25) is 8.74 Å². The van der Waals surface area contributed by atoms with Gasteiger partial charge in [0.25, 0.3) is 0 Å². The maximum atomic E-state index is 9.33. The number of nitrogens with one attached hydrogen (secondary N) is 1. The number of hydrogen-bond acceptors (Lipinski definition) is 8. The molecule has 0 fully saturated rings. The van der Waals surface area contributed by atoms with Crippen LogP contribution >= 0.6 is 0 Å². The fraction of sp³-hybridized carbons (Fsp3) is 1.00. The monoisotopic (exact) mass is 253 g/mol. The zero-order valence-corrected chi connectivity index (χ0v) is 9.69. The lowest BCUT2D eigenvalue weighted by molar-refractivity contribution is 0.117. The van der Waals surface area contributed by atoms with Crippen LogP contribution in [0.4, 0.5) is 0 Å². The highest BCUT2D eigenvalue weighted by atomic mass is 32.3. The molecule has 0 bridgehead atoms. The van der Waals surface area contributed by atoms with Gasteiger partial charge < -0.3 is 24.5 Å². The molecule has 0 saturated heterocycles. The molecule has 14 heavy (non-hydrogen) atoms. The van der Waals surface area contributed by atoms with Crippen LogP contribution in [0.3, 0.4) is 0 Å². The lowest BCUT2D eigenvalue weighted by atomic mass is 11.3. The van der Waals surface area contributed by atoms with Gasteiger partial charge in [0.1, 0.15) is 0 Å². The van der Waals surface area contributed by atoms with Crippen LogP contribution in [-0.4, -0.2) is 62.4 Å². The first-order chi connectivity index (χ1) is 5.97. The Morgan fingerprint density at radius 1 is 1.14 bits per heavy atom. The van der Waals surface area contributed by atoms with Crippen molar-refractivity contribution >= 4 is 19.4 Å². The third-order valence-electron chi connectivity index (χ3n) is 0.211. The van der Waals surface area contributed by atoms with E-state index in [-0.39, 0.29) is 0 Å². The minimum atomic E-state index is -4.61. The van der Waals surface area contributed by atoms with Crippen molar-refractivity contribution in [1.82, 2.24) is 5.32 Å². The van der Waals surface area contributed by atoms with Gasteiger partial charge in [0.15, 0.2) is 0 Å². The molecule has 0 aromatic rings. The zero-order valence-electron chi connectivity index (χ0n) is 7.87. The Kier molecular flexibility index (Phi) is 13.1. The predicted octanol–water partition coefficient (Wildman–Crippen LogP) is -3.34. The van der Waals surface area contributed by atoms with E-state index in [2.05, 4.69) is 9.50 Å². The average Bonchev–Trinajstić information content (AvgIpc) is 1.84. The number of rotatable bonds is 1. The van der Waals surface area contributed by atoms with Gasteiger partial charge in [0.2, 0.25) is 0 Å². The minimum Gasteiger partial charge on any atom is -0.368 e. The topological polar surface area (TPSA) is 157 Å². The largest absolute Gasteiger partial charge is 0.668 e. The highest BCUT2D eigenvalue weighted by molar-refractivity contribution is 7.80. The standard InChI is InChI=1S/C2H7N.CH4O4S.H4O4Si/c1-3-2;1-5-6(2,3)4;1-5(2,3)4/h3H,1-2H3;1H3,(H,2,3,4);1-4H. The Hall–Kier alpha value is -0.113. The predicted molar refractivity (Wildman–Crippen MR) is 48.2 cm³/mol. The normalized spacial score (nSPS) is 10.6. The van der Waals surface area contributed by atoms with E-state index in [0.717, 1.165) is 7.11 Å². The second-order valence-electron chi connectivity index (χ2n) is 1.69. The van der Waals surface area contributed by atoms with Crippen LogP contribution in [-0.2, 0) is 14.6 Å². The van der Waals surface area contributed by atoms with Crippen molar-refractivity contribution in [2.75, 3.05) is 21.2 Å². The van der Waals surface area contributed by atoms with Crippen LogP contribution in [0.15, 0.2) is 0 Å². The molecule has 0 rings (SSSR count). The Labute approximate surface area is 83.0 Å². The Morgan fingerprint density at radius 2 is 1.21 bits per heavy atom. The molecular formula is C3H15NO8SSi. The van der Waals surface area contributed by atoms with E-state index in [4.69, 9.17) is 23.7 Å². The number of hydrogen-bond donors (Lipinski definition) is 6. The molecule has 0 aliphatic carbocycles. The third-order valence-corrected chi connectivity index (χ3v) is 0.632. The second-order valence-corrected chi connectivity index (χ2v) is 4.08. The highest BCUT2D eigenvalue weighted by Crippen LogP contribution is 1.74. The molecule has 0 radical (unpaired) electrons. The van der Waals surface area contributed by atoms with E-state index in [0.29, 0.717) is 0 Å². The van der Waals surface area contributed by atoms with Crippen LogP contribution in [0, 0.1) is 0 Å². The second kappa shape index (κ2) is 9.44. The van der Waals surface area contributed by atoms with Gasteiger partial charge in [-0.2, -0.15) is 8.42 Å². The quantitative estimate of drug-likeness (QED) is 0.208. The summed E-state index contributed by atoms with van der Waals surface area (Å²) in [6.45, 7) is 0. The summed E-state index contributed by atoms with van der Waals surface area (Å²) < 4.78 is 29.7. The van der Waals surface area contributed by atoms with Crippen LogP contribution in [0.25, 0.3) is 0 Å². The van der Waals surface area contributed by atoms with E-state index in [1.807, 2.05) is 14.1 Å². The molecule has 0 atom stereocenters. The van der Waals surface area contributed by atoms with Crippen molar-refractivity contribution in [2.24, 2.45) is 0 Å². The van der Waals surface area contributed by atoms with Crippen molar-refractivity contribution in [3.63, 3.8) is 0 Å². The zero-order chi connectivity index (χ0) is 12.4. The summed E-state index contributed by atoms with van der Waals surface area (Å²) in [7, 11) is -4.15. The van der Waals surface area contributed by atoms with E-state index in [9.17, 15) is 8.42 Å². The maximum absolute atomic E-state index is 9.33. The molecule has 0 unspecified atom stereocenters. The summed E-state index contributed by atoms with van der Waals surface area (Å²) in [6, 6.07) is 0. The Morgan fingerprint density at radius 3 is 1.21 bits per heavy atom. The van der Waals surface area contributed by atoms with Crippen LogP contribution in [0.5, 0.6) is 0 Å². The first-order valence-corrected chi connectivity index (χ1v) is 6.14. The van der Waals surface area contributed by atoms with E-state index in [1.54, 1.807) is 0 Å². The van der Waals surface area contributed by atoms with Crippen LogP contribution < -0.4 is 5.32 Å². The molecule has 0 amide bonds. The molecule has 0 spiro atoms. The minimum absolute atomic E-state index is 0.870. The summed E-state index contributed by atoms with van der Waals surface area (Å²) in [5.74, 6) is 0. The van der Waals surface area contributed by atoms with Crippen LogP contribution in [0.1, 0.15) is 0 Å². The molecule has 0 aliphatic rings. The van der Waals surface area contributed by atoms with Gasteiger partial charge in [0.05, 0.1) is 7.11 Å². The van der Waals surface area contributed by atoms with Gasteiger partial charge in [-0.1, -0.05) is 0 Å². The summed E-state index contributed by atoms with van der Waals surface area (Å²) in [5, 5.41) is 2.75. The Balaban J connectivity index is -0.000000138. The molecular weight excluding hydrogens is 238 g/mol. The van der Waals surface area contributed by atoms with E-state index >= 15 is 0 Å². The summed E-state index contributed by atoms with van der Waals surface area (Å²) in [4.78, 5) is 29.3. The molecule has 6 N–H and O–H groups in total. The molecule has 9 nitrogen and oxygen atoms in total. The smallest absolute Gasteiger partial charge is 0.368 e. The van der Waals surface area contributed by atoms with Crippen molar-refractivity contribution in [3.8, 4) is 0 Å². The average molecular weight is 253 g/mol. The van der Waals surface area contributed by atoms with E-state index in [1.165, 1.54) is 0 Å². The molecule has 0 aromatic carbocycles. The first kappa shape index (κ1) is 19.5. The molecule has 11 heteroatoms. The van der Waals surface area contributed by atoms with Gasteiger partial charge >= 0.3 is 19.4 Å². The molecule has 0 heterocycles. The summed E-state index contributed by atoms with van der Waals surface area (Å²) >= 11 is 0. The summed E-state index contributed by atoms with van der Waals surface area (Å²) in [5.41, 5.74) is 0. The van der Waals surface area contributed by atoms with Crippen molar-refractivity contribution < 1.29 is 36.3 Å². The maximum Gasteiger partial charge on any atom is 0.668 e. The van der Waals surface area contributed by atoms with Gasteiger partial charge in [-0.05, 0) is 14.1 Å². The lowest BCUT2D eigenvalue weighted by Gasteiger charge is -1.91. The Bertz CT molecular complexity index is 191. The molecule has 90 valence electrons. The van der Waals surface area contributed by atoms with Crippen molar-refractivity contribution in [2.45, 2.75) is 0 Å². The fourth-order valence-corrected chi connectivity index (χ4v) is 0. The third kappa shape index (κ3) is 169. The molecule has 0 aromatic heterocycles. The van der Waals surface area contributed by atoms with Crippen molar-refractivity contribution in [1.29, 1.82) is 0 Å². The van der Waals surface area contributed by atoms with Gasteiger partial charge in [0, 0.05) is 0 Å². The SMILES string of the molecule is CNC.COS(=O)(=O)O.O[Si](O)(O)O. The summed E-state index contributed by atoms with van der Waals surface area (Å²) in [6.07, 6.45) is 0. The van der Waals surface area contributed by atoms with Crippen LogP contribution in [0.2, 0.25) is 0 Å². The van der Waals surface area contributed by atoms with Gasteiger partial charge in [-0.25, -0.2) is 0 Å². The van der Waals surface area contributed by atoms with Gasteiger partial charge in [-0.15, -0.1) is 0 Å². The molecule has 0 saturated carbocycles. The highest BCUT2D eigenvalue weighted by Gasteiger charge is 2.22. The van der Waals surface area contributed by atoms with E-state index < -0.39 is 19.4 Å². The lowest BCUT2D eigenvalue weighted by Crippen LogP contribution is -2.33.